The molecular formula is C20H23N3O5. The SMILES string of the molecule is CC(CNC(=O)c1cc([N+](=O)[O-])ccc1Oc1ccccc1)N1CCOCC1. The molecule has 1 amide bonds. The number of carbonyl (C=O) groups is 1. The summed E-state index contributed by atoms with van der Waals surface area (Å²) >= 11 is 0. The van der Waals surface area contributed by atoms with Crippen molar-refractivity contribution in [1.82, 2.24) is 10.2 Å². The second-order valence-electron chi connectivity index (χ2n) is 6.56. The van der Waals surface area contributed by atoms with Crippen molar-refractivity contribution in [2.45, 2.75) is 13.0 Å². The van der Waals surface area contributed by atoms with Crippen LogP contribution in [0.1, 0.15) is 17.3 Å². The quantitative estimate of drug-likeness (QED) is 0.582. The largest absolute Gasteiger partial charge is 0.457 e. The van der Waals surface area contributed by atoms with Gasteiger partial charge < -0.3 is 14.8 Å². The van der Waals surface area contributed by atoms with E-state index in [4.69, 9.17) is 9.47 Å². The lowest BCUT2D eigenvalue weighted by Crippen LogP contribution is -2.47. The first-order valence-electron chi connectivity index (χ1n) is 9.16. The lowest BCUT2D eigenvalue weighted by Gasteiger charge is -2.32. The Morgan fingerprint density at radius 2 is 1.96 bits per heavy atom. The maximum absolute atomic E-state index is 12.8. The molecule has 0 aliphatic carbocycles. The maximum Gasteiger partial charge on any atom is 0.270 e. The van der Waals surface area contributed by atoms with Gasteiger partial charge in [0.1, 0.15) is 11.5 Å². The van der Waals surface area contributed by atoms with Crippen LogP contribution in [0.5, 0.6) is 11.5 Å². The molecule has 148 valence electrons. The molecular weight excluding hydrogens is 362 g/mol. The van der Waals surface area contributed by atoms with E-state index in [9.17, 15) is 14.9 Å². The van der Waals surface area contributed by atoms with Crippen molar-refractivity contribution in [3.8, 4) is 11.5 Å². The molecule has 2 aromatic carbocycles. The van der Waals surface area contributed by atoms with Crippen molar-refractivity contribution < 1.29 is 19.2 Å². The molecule has 1 atom stereocenters. The lowest BCUT2D eigenvalue weighted by atomic mass is 10.1. The molecule has 0 bridgehead atoms. The molecule has 28 heavy (non-hydrogen) atoms. The van der Waals surface area contributed by atoms with Crippen LogP contribution in [0.2, 0.25) is 0 Å². The molecule has 8 heteroatoms. The number of ether oxygens (including phenoxy) is 2. The third kappa shape index (κ3) is 5.05. The summed E-state index contributed by atoms with van der Waals surface area (Å²) in [5.74, 6) is 0.412. The van der Waals surface area contributed by atoms with Gasteiger partial charge in [-0.05, 0) is 25.1 Å². The maximum atomic E-state index is 12.8. The summed E-state index contributed by atoms with van der Waals surface area (Å²) in [6.07, 6.45) is 0. The summed E-state index contributed by atoms with van der Waals surface area (Å²) in [6.45, 7) is 5.44. The number of hydrogen-bond donors (Lipinski definition) is 1. The highest BCUT2D eigenvalue weighted by molar-refractivity contribution is 5.97. The number of non-ortho nitro benzene ring substituents is 1. The number of morpholine rings is 1. The molecule has 3 rings (SSSR count). The number of carbonyl (C=O) groups excluding carboxylic acids is 1. The van der Waals surface area contributed by atoms with Gasteiger partial charge in [0, 0.05) is 37.8 Å². The first-order chi connectivity index (χ1) is 13.5. The molecule has 1 saturated heterocycles. The highest BCUT2D eigenvalue weighted by Gasteiger charge is 2.21. The van der Waals surface area contributed by atoms with Crippen LogP contribution in [-0.2, 0) is 4.74 Å². The van der Waals surface area contributed by atoms with E-state index in [1.54, 1.807) is 12.1 Å². The van der Waals surface area contributed by atoms with Gasteiger partial charge in [-0.15, -0.1) is 0 Å². The number of rotatable bonds is 7. The zero-order valence-corrected chi connectivity index (χ0v) is 15.7. The molecule has 8 nitrogen and oxygen atoms in total. The molecule has 2 aromatic rings. The van der Waals surface area contributed by atoms with Crippen molar-refractivity contribution >= 4 is 11.6 Å². The number of para-hydroxylation sites is 1. The smallest absolute Gasteiger partial charge is 0.270 e. The molecule has 1 aliphatic rings. The summed E-state index contributed by atoms with van der Waals surface area (Å²) < 4.78 is 11.1. The molecule has 0 spiro atoms. The number of benzene rings is 2. The predicted molar refractivity (Wildman–Crippen MR) is 104 cm³/mol. The average molecular weight is 385 g/mol. The first kappa shape index (κ1) is 19.8. The molecule has 1 unspecified atom stereocenters. The van der Waals surface area contributed by atoms with E-state index < -0.39 is 10.8 Å². The molecule has 0 aromatic heterocycles. The van der Waals surface area contributed by atoms with Gasteiger partial charge in [-0.2, -0.15) is 0 Å². The Labute approximate surface area is 163 Å². The Bertz CT molecular complexity index is 822. The van der Waals surface area contributed by atoms with Gasteiger partial charge in [-0.3, -0.25) is 19.8 Å². The summed E-state index contributed by atoms with van der Waals surface area (Å²) in [4.78, 5) is 25.6. The van der Waals surface area contributed by atoms with Crippen LogP contribution in [0.25, 0.3) is 0 Å². The van der Waals surface area contributed by atoms with Crippen molar-refractivity contribution in [3.05, 3.63) is 64.2 Å². The van der Waals surface area contributed by atoms with Gasteiger partial charge in [0.2, 0.25) is 0 Å². The van der Waals surface area contributed by atoms with Crippen LogP contribution in [0.4, 0.5) is 5.69 Å². The van der Waals surface area contributed by atoms with E-state index >= 15 is 0 Å². The fourth-order valence-corrected chi connectivity index (χ4v) is 3.00. The third-order valence-electron chi connectivity index (χ3n) is 4.62. The fraction of sp³-hybridized carbons (Fsp3) is 0.350. The summed E-state index contributed by atoms with van der Waals surface area (Å²) in [5.41, 5.74) is -0.0287. The minimum absolute atomic E-state index is 0.130. The second-order valence-corrected chi connectivity index (χ2v) is 6.56. The Morgan fingerprint density at radius 1 is 1.25 bits per heavy atom. The number of nitro groups is 1. The van der Waals surface area contributed by atoms with E-state index in [0.29, 0.717) is 25.5 Å². The molecule has 0 radical (unpaired) electrons. The van der Waals surface area contributed by atoms with Crippen LogP contribution >= 0.6 is 0 Å². The zero-order chi connectivity index (χ0) is 19.9. The van der Waals surface area contributed by atoms with Gasteiger partial charge in [0.15, 0.2) is 0 Å². The number of nitrogens with zero attached hydrogens (tertiary/aromatic N) is 2. The van der Waals surface area contributed by atoms with Gasteiger partial charge in [0.25, 0.3) is 11.6 Å². The predicted octanol–water partition coefficient (Wildman–Crippen LogP) is 2.84. The highest BCUT2D eigenvalue weighted by atomic mass is 16.6. The van der Waals surface area contributed by atoms with E-state index in [1.807, 2.05) is 25.1 Å². The van der Waals surface area contributed by atoms with Crippen molar-refractivity contribution in [2.75, 3.05) is 32.8 Å². The lowest BCUT2D eigenvalue weighted by molar-refractivity contribution is -0.384. The Balaban J connectivity index is 1.74. The van der Waals surface area contributed by atoms with Crippen LogP contribution < -0.4 is 10.1 Å². The highest BCUT2D eigenvalue weighted by Crippen LogP contribution is 2.28. The number of amides is 1. The third-order valence-corrected chi connectivity index (χ3v) is 4.62. The van der Waals surface area contributed by atoms with Crippen molar-refractivity contribution in [2.24, 2.45) is 0 Å². The van der Waals surface area contributed by atoms with E-state index in [0.717, 1.165) is 13.1 Å². The Morgan fingerprint density at radius 3 is 2.64 bits per heavy atom. The standard InChI is InChI=1S/C20H23N3O5/c1-15(22-9-11-27-12-10-22)14-21-20(24)18-13-16(23(25)26)7-8-19(18)28-17-5-3-2-4-6-17/h2-8,13,15H,9-12,14H2,1H3,(H,21,24). The Hall–Kier alpha value is -2.97. The molecule has 1 fully saturated rings. The van der Waals surface area contributed by atoms with Crippen LogP contribution in [0.15, 0.2) is 48.5 Å². The van der Waals surface area contributed by atoms with E-state index in [1.165, 1.54) is 18.2 Å². The number of hydrogen-bond acceptors (Lipinski definition) is 6. The minimum atomic E-state index is -0.528. The van der Waals surface area contributed by atoms with Crippen molar-refractivity contribution in [3.63, 3.8) is 0 Å². The van der Waals surface area contributed by atoms with Crippen LogP contribution in [-0.4, -0.2) is 54.6 Å². The molecule has 1 aliphatic heterocycles. The zero-order valence-electron chi connectivity index (χ0n) is 15.7. The summed E-state index contributed by atoms with van der Waals surface area (Å²) in [7, 11) is 0. The van der Waals surface area contributed by atoms with Gasteiger partial charge in [-0.1, -0.05) is 18.2 Å². The van der Waals surface area contributed by atoms with Gasteiger partial charge in [0.05, 0.1) is 23.7 Å². The van der Waals surface area contributed by atoms with Crippen molar-refractivity contribution in [1.29, 1.82) is 0 Å². The van der Waals surface area contributed by atoms with Crippen LogP contribution in [0, 0.1) is 10.1 Å². The summed E-state index contributed by atoms with van der Waals surface area (Å²) in [5, 5.41) is 14.0. The fourth-order valence-electron chi connectivity index (χ4n) is 3.00. The van der Waals surface area contributed by atoms with Gasteiger partial charge in [-0.25, -0.2) is 0 Å². The Kier molecular flexibility index (Phi) is 6.57. The van der Waals surface area contributed by atoms with E-state index in [-0.39, 0.29) is 23.0 Å². The second kappa shape index (κ2) is 9.29. The van der Waals surface area contributed by atoms with Gasteiger partial charge >= 0.3 is 0 Å². The average Bonchev–Trinajstić information content (AvgIpc) is 2.73. The monoisotopic (exact) mass is 385 g/mol. The topological polar surface area (TPSA) is 93.9 Å². The van der Waals surface area contributed by atoms with Crippen LogP contribution in [0.3, 0.4) is 0 Å². The molecule has 0 saturated carbocycles. The molecule has 1 N–H and O–H groups in total. The number of nitro benzene ring substituents is 1. The van der Waals surface area contributed by atoms with E-state index in [2.05, 4.69) is 10.2 Å². The minimum Gasteiger partial charge on any atom is -0.457 e. The molecule has 1 heterocycles. The number of nitrogens with one attached hydrogen (secondary N) is 1. The first-order valence-corrected chi connectivity index (χ1v) is 9.16. The summed E-state index contributed by atoms with van der Waals surface area (Å²) in [6, 6.07) is 13.1. The normalized spacial score (nSPS) is 15.6.